The lowest BCUT2D eigenvalue weighted by molar-refractivity contribution is -0.147. The zero-order chi connectivity index (χ0) is 54.1. The van der Waals surface area contributed by atoms with Crippen LogP contribution in [-0.4, -0.2) is 185 Å². The Bertz CT molecular complexity index is 2030. The summed E-state index contributed by atoms with van der Waals surface area (Å²) < 4.78 is 0. The summed E-state index contributed by atoms with van der Waals surface area (Å²) in [5, 5.41) is 88.7. The predicted octanol–water partition coefficient (Wildman–Crippen LogP) is -2.15. The number of aliphatic hydroxyl groups is 6. The third-order valence-corrected chi connectivity index (χ3v) is 14.1. The van der Waals surface area contributed by atoms with E-state index < -0.39 is 152 Å². The summed E-state index contributed by atoms with van der Waals surface area (Å²) in [6.45, 7) is 6.49. The van der Waals surface area contributed by atoms with Crippen molar-refractivity contribution in [3.8, 4) is 5.75 Å². The molecule has 0 aromatic heterocycles. The number of primary amides is 1. The lowest BCUT2D eigenvalue weighted by Crippen LogP contribution is -2.64. The molecule has 3 aliphatic rings. The average molecular weight is 1030 g/mol. The number of phenolic OH excluding ortho intramolecular Hbond substituents is 1. The highest BCUT2D eigenvalue weighted by Gasteiger charge is 2.48. The van der Waals surface area contributed by atoms with Gasteiger partial charge in [0, 0.05) is 45.3 Å². The number of aromatic hydroxyl groups is 1. The Morgan fingerprint density at radius 3 is 2.00 bits per heavy atom. The number of carbonyl (C=O) groups excluding carboxylic acids is 8. The summed E-state index contributed by atoms with van der Waals surface area (Å²) in [5.41, 5.74) is 5.70. The third kappa shape index (κ3) is 18.2. The van der Waals surface area contributed by atoms with E-state index in [1.54, 1.807) is 0 Å². The van der Waals surface area contributed by atoms with Crippen LogP contribution in [0, 0.1) is 11.8 Å². The van der Waals surface area contributed by atoms with Gasteiger partial charge in [0.1, 0.15) is 42.0 Å². The van der Waals surface area contributed by atoms with E-state index in [0.717, 1.165) is 54.7 Å². The summed E-state index contributed by atoms with van der Waals surface area (Å²) in [6, 6.07) is -5.41. The van der Waals surface area contributed by atoms with Crippen molar-refractivity contribution < 1.29 is 74.1 Å². The fourth-order valence-corrected chi connectivity index (χ4v) is 9.75. The molecule has 14 atom stereocenters. The fraction of sp³-hybridized carbons (Fsp3) is 0.720. The Morgan fingerprint density at radius 2 is 1.36 bits per heavy atom. The molecular weight excluding hydrogens is 953 g/mol. The van der Waals surface area contributed by atoms with Crippen LogP contribution in [0.25, 0.3) is 0 Å². The summed E-state index contributed by atoms with van der Waals surface area (Å²) in [7, 11) is 0. The summed E-state index contributed by atoms with van der Waals surface area (Å²) in [4.78, 5) is 112. The van der Waals surface area contributed by atoms with Crippen molar-refractivity contribution in [1.82, 2.24) is 36.4 Å². The number of phenols is 1. The maximum Gasteiger partial charge on any atom is 0.248 e. The lowest BCUT2D eigenvalue weighted by Gasteiger charge is -2.33. The number of fused-ring (bicyclic) bond motifs is 2. The van der Waals surface area contributed by atoms with Gasteiger partial charge in [-0.05, 0) is 55.7 Å². The summed E-state index contributed by atoms with van der Waals surface area (Å²) in [6.07, 6.45) is -3.70. The molecule has 8 amide bonds. The van der Waals surface area contributed by atoms with Crippen LogP contribution < -0.4 is 32.3 Å². The number of aliphatic hydroxyl groups excluding tert-OH is 6. The Kier molecular flexibility index (Phi) is 23.7. The highest BCUT2D eigenvalue weighted by molar-refractivity contribution is 5.98. The van der Waals surface area contributed by atoms with E-state index in [1.165, 1.54) is 37.6 Å². The Balaban J connectivity index is 1.65. The number of unbranched alkanes of at least 4 members (excludes halogenated alkanes) is 5. The highest BCUT2D eigenvalue weighted by Crippen LogP contribution is 2.25. The van der Waals surface area contributed by atoms with E-state index in [-0.39, 0.29) is 31.6 Å². The SMILES string of the molecule is CC[C@@H](C)C[C@@H](C)CCCCCCCCC(=O)N[C@H]1C[C@@H](O)CNC(=O)[C@@H]2[C@@H](O)CCN2C(=O)[C@H]([C@H](O)CC(N)=O)NC(=O)[C@H]([C@H](O)Cc2ccc(O)cc2)NC(=O)[C@@H]2C[C@@H](O)CN2C(=O)[C@H]([C@@H](C)O)NC1=O. The molecule has 0 saturated carbocycles. The zero-order valence-electron chi connectivity index (χ0n) is 42.5. The zero-order valence-corrected chi connectivity index (χ0v) is 42.5. The van der Waals surface area contributed by atoms with Crippen molar-refractivity contribution in [2.75, 3.05) is 19.6 Å². The number of hydrogen-bond acceptors (Lipinski definition) is 15. The molecule has 3 fully saturated rings. The van der Waals surface area contributed by atoms with Gasteiger partial charge in [0.2, 0.25) is 47.3 Å². The molecule has 23 nitrogen and oxygen atoms in total. The van der Waals surface area contributed by atoms with Crippen LogP contribution in [0.5, 0.6) is 5.75 Å². The molecule has 3 heterocycles. The number of benzene rings is 1. The van der Waals surface area contributed by atoms with Crippen LogP contribution in [0.1, 0.15) is 123 Å². The molecule has 1 aromatic carbocycles. The molecule has 410 valence electrons. The first kappa shape index (κ1) is 60.1. The summed E-state index contributed by atoms with van der Waals surface area (Å²) in [5.74, 6) is -7.21. The molecule has 73 heavy (non-hydrogen) atoms. The number of nitrogens with one attached hydrogen (secondary N) is 5. The quantitative estimate of drug-likeness (QED) is 0.0620. The molecule has 23 heteroatoms. The number of β-amino-alcohol motifs (C(OH)–C–C–N with tert-alkyl or cyclic N) is 1. The van der Waals surface area contributed by atoms with Gasteiger partial charge in [-0.2, -0.15) is 0 Å². The number of rotatable bonds is 20. The third-order valence-electron chi connectivity index (χ3n) is 14.1. The average Bonchev–Trinajstić information content (AvgIpc) is 3.92. The van der Waals surface area contributed by atoms with E-state index in [9.17, 15) is 74.1 Å². The molecule has 4 rings (SSSR count). The van der Waals surface area contributed by atoms with Gasteiger partial charge in [0.15, 0.2) is 0 Å². The van der Waals surface area contributed by atoms with Crippen LogP contribution in [0.2, 0.25) is 0 Å². The number of hydrogen-bond donors (Lipinski definition) is 13. The number of amides is 8. The van der Waals surface area contributed by atoms with Crippen molar-refractivity contribution in [2.24, 2.45) is 17.6 Å². The molecule has 0 spiro atoms. The number of nitrogens with zero attached hydrogens (tertiary/aromatic N) is 2. The van der Waals surface area contributed by atoms with Gasteiger partial charge in [-0.1, -0.05) is 77.8 Å². The second-order valence-electron chi connectivity index (χ2n) is 20.4. The van der Waals surface area contributed by atoms with Crippen LogP contribution in [0.3, 0.4) is 0 Å². The molecular formula is C50H80N8O15. The van der Waals surface area contributed by atoms with E-state index in [0.29, 0.717) is 23.8 Å². The monoisotopic (exact) mass is 1030 g/mol. The Labute approximate surface area is 426 Å². The van der Waals surface area contributed by atoms with E-state index >= 15 is 0 Å². The Hall–Kier alpha value is -5.46. The maximum atomic E-state index is 14.3. The number of carbonyl (C=O) groups is 8. The molecule has 14 N–H and O–H groups in total. The molecule has 3 aliphatic heterocycles. The minimum absolute atomic E-state index is 0.00429. The van der Waals surface area contributed by atoms with E-state index in [1.807, 2.05) is 0 Å². The molecule has 0 aliphatic carbocycles. The molecule has 3 saturated heterocycles. The van der Waals surface area contributed by atoms with E-state index in [2.05, 4.69) is 47.4 Å². The predicted molar refractivity (Wildman–Crippen MR) is 263 cm³/mol. The Morgan fingerprint density at radius 1 is 0.740 bits per heavy atom. The van der Waals surface area contributed by atoms with Crippen LogP contribution in [0.15, 0.2) is 24.3 Å². The van der Waals surface area contributed by atoms with Crippen LogP contribution in [-0.2, 0) is 44.8 Å². The molecule has 0 radical (unpaired) electrons. The second kappa shape index (κ2) is 28.8. The van der Waals surface area contributed by atoms with Crippen molar-refractivity contribution >= 4 is 47.3 Å². The fourth-order valence-electron chi connectivity index (χ4n) is 9.75. The van der Waals surface area contributed by atoms with Crippen LogP contribution in [0.4, 0.5) is 0 Å². The second-order valence-corrected chi connectivity index (χ2v) is 20.4. The van der Waals surface area contributed by atoms with Crippen molar-refractivity contribution in [1.29, 1.82) is 0 Å². The standard InChI is InChI=1S/C50H80N8O15/c1-5-27(2)20-28(3)12-10-8-6-7-9-11-13-40(67)53-34-22-32(61)25-52-48(71)44-36(63)18-19-57(44)50(73)43(38(65)24-39(51)66)56-47(70)42(37(64)21-30-14-16-31(60)17-15-30)55-46(69)35-23-33(62)26-58(35)49(72)41(29(4)59)54-45(34)68/h14-17,27-29,32-38,41-44,59-65H,5-13,18-26H2,1-4H3,(H2,51,66)(H,52,71)(H,53,67)(H,54,68)(H,55,69)(H,56,70)/t27-,28+,29-,32-,33-,34+,35+,36+,37-,38-,41+,42+,43+,44+/m1/s1. The number of nitrogens with two attached hydrogens (primary N) is 1. The van der Waals surface area contributed by atoms with Gasteiger partial charge in [-0.15, -0.1) is 0 Å². The van der Waals surface area contributed by atoms with Gasteiger partial charge in [-0.25, -0.2) is 0 Å². The van der Waals surface area contributed by atoms with Crippen molar-refractivity contribution in [3.63, 3.8) is 0 Å². The van der Waals surface area contributed by atoms with Crippen molar-refractivity contribution in [2.45, 2.75) is 197 Å². The van der Waals surface area contributed by atoms with Gasteiger partial charge >= 0.3 is 0 Å². The smallest absolute Gasteiger partial charge is 0.248 e. The lowest BCUT2D eigenvalue weighted by atomic mass is 9.91. The highest BCUT2D eigenvalue weighted by atomic mass is 16.3. The minimum Gasteiger partial charge on any atom is -0.508 e. The van der Waals surface area contributed by atoms with Gasteiger partial charge in [0.25, 0.3) is 0 Å². The van der Waals surface area contributed by atoms with Gasteiger partial charge in [-0.3, -0.25) is 38.4 Å². The van der Waals surface area contributed by atoms with Crippen LogP contribution >= 0.6 is 0 Å². The maximum absolute atomic E-state index is 14.3. The van der Waals surface area contributed by atoms with Gasteiger partial charge < -0.3 is 77.9 Å². The minimum atomic E-state index is -2.10. The van der Waals surface area contributed by atoms with Gasteiger partial charge in [0.05, 0.1) is 43.0 Å². The first-order valence-electron chi connectivity index (χ1n) is 25.7. The van der Waals surface area contributed by atoms with E-state index in [4.69, 9.17) is 5.73 Å². The first-order valence-corrected chi connectivity index (χ1v) is 25.7. The molecule has 1 aromatic rings. The topological polar surface area (TPSA) is 371 Å². The molecule has 0 bridgehead atoms. The largest absolute Gasteiger partial charge is 0.508 e. The summed E-state index contributed by atoms with van der Waals surface area (Å²) >= 11 is 0. The molecule has 0 unspecified atom stereocenters. The normalized spacial score (nSPS) is 28.0. The van der Waals surface area contributed by atoms with Crippen molar-refractivity contribution in [3.05, 3.63) is 29.8 Å². The first-order chi connectivity index (χ1) is 34.5.